The number of aromatic nitrogens is 1. The van der Waals surface area contributed by atoms with Crippen molar-refractivity contribution >= 4 is 0 Å². The molecule has 0 bridgehead atoms. The molecule has 1 aromatic heterocycles. The lowest BCUT2D eigenvalue weighted by Crippen LogP contribution is -2.22. The SMILES string of the molecule is CC(C)(C)c1cc(C(F)(F)F)ncc1C(F)(F)F. The highest BCUT2D eigenvalue weighted by Crippen LogP contribution is 2.39. The minimum atomic E-state index is -4.76. The fourth-order valence-corrected chi connectivity index (χ4v) is 1.46. The van der Waals surface area contributed by atoms with Gasteiger partial charge in [0.05, 0.1) is 5.56 Å². The summed E-state index contributed by atoms with van der Waals surface area (Å²) in [5.74, 6) is 0. The first kappa shape index (κ1) is 14.8. The third kappa shape index (κ3) is 3.14. The molecule has 0 aliphatic carbocycles. The molecule has 0 N–H and O–H groups in total. The Balaban J connectivity index is 3.50. The van der Waals surface area contributed by atoms with Gasteiger partial charge in [0, 0.05) is 6.20 Å². The minimum absolute atomic E-state index is 0.239. The fourth-order valence-electron chi connectivity index (χ4n) is 1.46. The number of hydrogen-bond donors (Lipinski definition) is 0. The van der Waals surface area contributed by atoms with Gasteiger partial charge in [0.1, 0.15) is 5.69 Å². The van der Waals surface area contributed by atoms with Gasteiger partial charge in [0.2, 0.25) is 0 Å². The highest BCUT2D eigenvalue weighted by molar-refractivity contribution is 5.35. The normalized spacial score (nSPS) is 13.8. The fraction of sp³-hybridized carbons (Fsp3) is 0.545. The molecular formula is C11H11F6N. The van der Waals surface area contributed by atoms with Crippen LogP contribution in [0.4, 0.5) is 26.3 Å². The lowest BCUT2D eigenvalue weighted by molar-refractivity contribution is -0.145. The van der Waals surface area contributed by atoms with Gasteiger partial charge in [0.25, 0.3) is 0 Å². The molecule has 0 spiro atoms. The highest BCUT2D eigenvalue weighted by atomic mass is 19.4. The molecule has 0 amide bonds. The zero-order valence-electron chi connectivity index (χ0n) is 9.87. The van der Waals surface area contributed by atoms with Gasteiger partial charge in [0.15, 0.2) is 0 Å². The van der Waals surface area contributed by atoms with Crippen LogP contribution in [-0.2, 0) is 17.8 Å². The van der Waals surface area contributed by atoms with E-state index in [9.17, 15) is 26.3 Å². The van der Waals surface area contributed by atoms with Gasteiger partial charge in [-0.25, -0.2) is 0 Å². The number of rotatable bonds is 0. The summed E-state index contributed by atoms with van der Waals surface area (Å²) >= 11 is 0. The van der Waals surface area contributed by atoms with Crippen molar-refractivity contribution in [3.8, 4) is 0 Å². The third-order valence-electron chi connectivity index (χ3n) is 2.31. The highest BCUT2D eigenvalue weighted by Gasteiger charge is 2.40. The molecule has 0 aromatic carbocycles. The number of alkyl halides is 6. The molecule has 1 nitrogen and oxygen atoms in total. The van der Waals surface area contributed by atoms with Gasteiger partial charge >= 0.3 is 12.4 Å². The topological polar surface area (TPSA) is 12.9 Å². The second-order valence-electron chi connectivity index (χ2n) is 4.86. The van der Waals surface area contributed by atoms with E-state index in [1.807, 2.05) is 0 Å². The Morgan fingerprint density at radius 2 is 1.33 bits per heavy atom. The summed E-state index contributed by atoms with van der Waals surface area (Å²) in [7, 11) is 0. The van der Waals surface area contributed by atoms with Gasteiger partial charge in [-0.2, -0.15) is 26.3 Å². The Hall–Kier alpha value is -1.27. The van der Waals surface area contributed by atoms with Gasteiger partial charge in [-0.1, -0.05) is 20.8 Å². The molecule has 0 radical (unpaired) electrons. The van der Waals surface area contributed by atoms with Crippen LogP contribution in [0.5, 0.6) is 0 Å². The second kappa shape index (κ2) is 4.13. The van der Waals surface area contributed by atoms with Crippen LogP contribution in [0.25, 0.3) is 0 Å². The predicted octanol–water partition coefficient (Wildman–Crippen LogP) is 4.42. The summed E-state index contributed by atoms with van der Waals surface area (Å²) in [6.45, 7) is 4.24. The van der Waals surface area contributed by atoms with E-state index >= 15 is 0 Å². The van der Waals surface area contributed by atoms with Gasteiger partial charge in [-0.3, -0.25) is 4.98 Å². The number of nitrogens with zero attached hydrogens (tertiary/aromatic N) is 1. The summed E-state index contributed by atoms with van der Waals surface area (Å²) < 4.78 is 75.4. The lowest BCUT2D eigenvalue weighted by Gasteiger charge is -2.24. The van der Waals surface area contributed by atoms with Gasteiger partial charge < -0.3 is 0 Å². The van der Waals surface area contributed by atoms with E-state index in [1.165, 1.54) is 20.8 Å². The van der Waals surface area contributed by atoms with Crippen molar-refractivity contribution in [2.75, 3.05) is 0 Å². The van der Waals surface area contributed by atoms with Crippen LogP contribution in [-0.4, -0.2) is 4.98 Å². The van der Waals surface area contributed by atoms with E-state index in [1.54, 1.807) is 0 Å². The third-order valence-corrected chi connectivity index (χ3v) is 2.31. The van der Waals surface area contributed by atoms with Crippen LogP contribution in [0.2, 0.25) is 0 Å². The molecule has 0 aliphatic rings. The molecule has 1 rings (SSSR count). The molecule has 0 saturated carbocycles. The minimum Gasteiger partial charge on any atom is -0.251 e. The van der Waals surface area contributed by atoms with E-state index in [-0.39, 0.29) is 6.20 Å². The van der Waals surface area contributed by atoms with Crippen molar-refractivity contribution in [1.82, 2.24) is 4.98 Å². The molecule has 102 valence electrons. The maximum Gasteiger partial charge on any atom is 0.433 e. The van der Waals surface area contributed by atoms with E-state index in [0.29, 0.717) is 6.07 Å². The van der Waals surface area contributed by atoms with E-state index in [0.717, 1.165) is 0 Å². The van der Waals surface area contributed by atoms with Crippen molar-refractivity contribution in [1.29, 1.82) is 0 Å². The molecule has 0 atom stereocenters. The predicted molar refractivity (Wildman–Crippen MR) is 52.9 cm³/mol. The van der Waals surface area contributed by atoms with Crippen LogP contribution in [0, 0.1) is 0 Å². The van der Waals surface area contributed by atoms with Crippen LogP contribution in [0.15, 0.2) is 12.3 Å². The average molecular weight is 271 g/mol. The Labute approximate surface area is 99.8 Å². The molecule has 1 heterocycles. The molecule has 18 heavy (non-hydrogen) atoms. The van der Waals surface area contributed by atoms with Crippen molar-refractivity contribution in [3.05, 3.63) is 29.1 Å². The van der Waals surface area contributed by atoms with Crippen molar-refractivity contribution in [2.45, 2.75) is 38.5 Å². The largest absolute Gasteiger partial charge is 0.433 e. The van der Waals surface area contributed by atoms with E-state index < -0.39 is 34.6 Å². The van der Waals surface area contributed by atoms with Crippen LogP contribution in [0.3, 0.4) is 0 Å². The van der Waals surface area contributed by atoms with Gasteiger partial charge in [-0.05, 0) is 17.0 Å². The number of pyridine rings is 1. The zero-order valence-corrected chi connectivity index (χ0v) is 9.87. The molecule has 0 aliphatic heterocycles. The van der Waals surface area contributed by atoms with E-state index in [4.69, 9.17) is 0 Å². The molecular weight excluding hydrogens is 260 g/mol. The van der Waals surface area contributed by atoms with Crippen LogP contribution < -0.4 is 0 Å². The Bertz CT molecular complexity index is 438. The van der Waals surface area contributed by atoms with Crippen molar-refractivity contribution in [3.63, 3.8) is 0 Å². The lowest BCUT2D eigenvalue weighted by atomic mass is 9.84. The first-order valence-corrected chi connectivity index (χ1v) is 4.98. The van der Waals surface area contributed by atoms with Crippen LogP contribution in [0.1, 0.15) is 37.6 Å². The second-order valence-corrected chi connectivity index (χ2v) is 4.86. The molecule has 0 unspecified atom stereocenters. The quantitative estimate of drug-likeness (QED) is 0.637. The van der Waals surface area contributed by atoms with Crippen molar-refractivity contribution in [2.24, 2.45) is 0 Å². The standard InChI is InChI=1S/C11H11F6N/c1-9(2,3)6-4-8(11(15,16)17)18-5-7(6)10(12,13)14/h4-5H,1-3H3. The summed E-state index contributed by atoms with van der Waals surface area (Å²) in [4.78, 5) is 2.85. The maximum absolute atomic E-state index is 12.7. The zero-order chi connectivity index (χ0) is 14.4. The molecule has 1 aromatic rings. The molecule has 0 saturated heterocycles. The average Bonchev–Trinajstić information content (AvgIpc) is 2.12. The Kier molecular flexibility index (Phi) is 3.40. The van der Waals surface area contributed by atoms with Gasteiger partial charge in [-0.15, -0.1) is 0 Å². The molecule has 0 fully saturated rings. The first-order valence-electron chi connectivity index (χ1n) is 4.98. The first-order chi connectivity index (χ1) is 7.83. The maximum atomic E-state index is 12.7. The van der Waals surface area contributed by atoms with E-state index in [2.05, 4.69) is 4.98 Å². The number of hydrogen-bond acceptors (Lipinski definition) is 1. The monoisotopic (exact) mass is 271 g/mol. The summed E-state index contributed by atoms with van der Waals surface area (Å²) in [5, 5.41) is 0. The Morgan fingerprint density at radius 1 is 0.833 bits per heavy atom. The number of halogens is 6. The summed E-state index contributed by atoms with van der Waals surface area (Å²) in [6.07, 6.45) is -9.24. The smallest absolute Gasteiger partial charge is 0.251 e. The Morgan fingerprint density at radius 3 is 1.67 bits per heavy atom. The van der Waals surface area contributed by atoms with Crippen LogP contribution >= 0.6 is 0 Å². The molecule has 7 heteroatoms. The van der Waals surface area contributed by atoms with Crippen molar-refractivity contribution < 1.29 is 26.3 Å². The summed E-state index contributed by atoms with van der Waals surface area (Å²) in [6, 6.07) is 0.461. The summed E-state index contributed by atoms with van der Waals surface area (Å²) in [5.41, 5.74) is -3.94.